The molecule has 4 rings (SSSR count). The maximum absolute atomic E-state index is 13.2. The molecule has 0 aliphatic carbocycles. The number of hydrogen-bond acceptors (Lipinski definition) is 6. The van der Waals surface area contributed by atoms with Crippen molar-refractivity contribution in [1.82, 2.24) is 24.7 Å². The number of rotatable bonds is 3. The average molecular weight is 401 g/mol. The molecule has 156 valence electrons. The topological polar surface area (TPSA) is 99.7 Å². The van der Waals surface area contributed by atoms with Gasteiger partial charge in [0.2, 0.25) is 5.91 Å². The van der Waals surface area contributed by atoms with Crippen molar-refractivity contribution in [2.24, 2.45) is 7.05 Å². The van der Waals surface area contributed by atoms with E-state index in [0.29, 0.717) is 44.3 Å². The quantitative estimate of drug-likeness (QED) is 0.834. The number of piperidine rings is 1. The van der Waals surface area contributed by atoms with Crippen molar-refractivity contribution < 1.29 is 14.1 Å². The molecule has 2 saturated heterocycles. The summed E-state index contributed by atoms with van der Waals surface area (Å²) in [5.74, 6) is 2.03. The molecule has 0 radical (unpaired) electrons. The van der Waals surface area contributed by atoms with E-state index in [1.807, 2.05) is 24.9 Å². The van der Waals surface area contributed by atoms with E-state index in [1.165, 1.54) is 0 Å². The lowest BCUT2D eigenvalue weighted by atomic mass is 10.0. The van der Waals surface area contributed by atoms with Crippen LogP contribution in [0.1, 0.15) is 24.3 Å². The van der Waals surface area contributed by atoms with Crippen LogP contribution in [0, 0.1) is 13.8 Å². The minimum Gasteiger partial charge on any atom is -0.360 e. The third-order valence-corrected chi connectivity index (χ3v) is 5.57. The summed E-state index contributed by atoms with van der Waals surface area (Å²) in [6.45, 7) is 6.89. The fourth-order valence-electron chi connectivity index (χ4n) is 4.12. The SMILES string of the molecule is Cc1cc(N2CCC[C@H](N3CCN(C(=O)Nc4cc(C)on4)CC3)C2=O)n(C)n1. The standard InChI is InChI=1S/C19H27N7O3/c1-13-11-17(23(3)21-13)26-6-4-5-15(18(26)27)24-7-9-25(10-8-24)19(28)20-16-12-14(2)29-22-16/h11-12,15H,4-10H2,1-3H3,(H,20,22,28)/t15-/m0/s1. The number of piperazine rings is 1. The molecular weight excluding hydrogens is 374 g/mol. The first kappa shape index (κ1) is 19.4. The molecule has 0 unspecified atom stereocenters. The highest BCUT2D eigenvalue weighted by atomic mass is 16.5. The van der Waals surface area contributed by atoms with E-state index in [-0.39, 0.29) is 18.0 Å². The Morgan fingerprint density at radius 2 is 1.93 bits per heavy atom. The van der Waals surface area contributed by atoms with Crippen molar-refractivity contribution >= 4 is 23.6 Å². The van der Waals surface area contributed by atoms with Gasteiger partial charge in [0.05, 0.1) is 11.7 Å². The Morgan fingerprint density at radius 3 is 2.55 bits per heavy atom. The first-order valence-electron chi connectivity index (χ1n) is 9.97. The molecule has 10 heteroatoms. The number of amides is 3. The normalized spacial score (nSPS) is 20.9. The van der Waals surface area contributed by atoms with Gasteiger partial charge in [-0.2, -0.15) is 5.10 Å². The van der Waals surface area contributed by atoms with Crippen LogP contribution in [-0.2, 0) is 11.8 Å². The van der Waals surface area contributed by atoms with Gasteiger partial charge < -0.3 is 9.42 Å². The molecule has 2 aromatic heterocycles. The number of carbonyl (C=O) groups excluding carboxylic acids is 2. The van der Waals surface area contributed by atoms with E-state index in [4.69, 9.17) is 4.52 Å². The second-order valence-electron chi connectivity index (χ2n) is 7.69. The maximum Gasteiger partial charge on any atom is 0.323 e. The molecule has 1 N–H and O–H groups in total. The molecule has 0 bridgehead atoms. The molecule has 2 aliphatic heterocycles. The number of hydrogen-bond donors (Lipinski definition) is 1. The monoisotopic (exact) mass is 401 g/mol. The predicted octanol–water partition coefficient (Wildman–Crippen LogP) is 1.37. The Bertz CT molecular complexity index is 898. The smallest absolute Gasteiger partial charge is 0.323 e. The Labute approximate surface area is 169 Å². The van der Waals surface area contributed by atoms with E-state index >= 15 is 0 Å². The minimum absolute atomic E-state index is 0.121. The number of carbonyl (C=O) groups is 2. The van der Waals surface area contributed by atoms with Crippen molar-refractivity contribution in [3.05, 3.63) is 23.6 Å². The molecule has 4 heterocycles. The molecule has 2 aromatic rings. The fourth-order valence-corrected chi connectivity index (χ4v) is 4.12. The summed E-state index contributed by atoms with van der Waals surface area (Å²) in [6.07, 6.45) is 1.80. The molecule has 0 saturated carbocycles. The number of nitrogens with one attached hydrogen (secondary N) is 1. The Morgan fingerprint density at radius 1 is 1.17 bits per heavy atom. The molecule has 2 fully saturated rings. The second-order valence-corrected chi connectivity index (χ2v) is 7.69. The maximum atomic E-state index is 13.2. The lowest BCUT2D eigenvalue weighted by Crippen LogP contribution is -2.59. The van der Waals surface area contributed by atoms with Crippen LogP contribution in [0.25, 0.3) is 0 Å². The third kappa shape index (κ3) is 3.98. The highest BCUT2D eigenvalue weighted by Crippen LogP contribution is 2.25. The molecular formula is C19H27N7O3. The first-order valence-corrected chi connectivity index (χ1v) is 9.97. The van der Waals surface area contributed by atoms with E-state index < -0.39 is 0 Å². The molecule has 0 aromatic carbocycles. The van der Waals surface area contributed by atoms with Gasteiger partial charge in [-0.15, -0.1) is 0 Å². The fraction of sp³-hybridized carbons (Fsp3) is 0.579. The summed E-state index contributed by atoms with van der Waals surface area (Å²) in [7, 11) is 1.87. The van der Waals surface area contributed by atoms with Crippen LogP contribution >= 0.6 is 0 Å². The van der Waals surface area contributed by atoms with E-state index in [0.717, 1.165) is 24.4 Å². The summed E-state index contributed by atoms with van der Waals surface area (Å²) >= 11 is 0. The van der Waals surface area contributed by atoms with Gasteiger partial charge in [0.15, 0.2) is 5.82 Å². The van der Waals surface area contributed by atoms with Crippen molar-refractivity contribution in [3.8, 4) is 0 Å². The van der Waals surface area contributed by atoms with E-state index in [2.05, 4.69) is 20.5 Å². The Balaban J connectivity index is 1.36. The van der Waals surface area contributed by atoms with Crippen LogP contribution < -0.4 is 10.2 Å². The highest BCUT2D eigenvalue weighted by Gasteiger charge is 2.37. The molecule has 3 amide bonds. The third-order valence-electron chi connectivity index (χ3n) is 5.57. The van der Waals surface area contributed by atoms with Gasteiger partial charge in [-0.05, 0) is 26.7 Å². The molecule has 0 spiro atoms. The van der Waals surface area contributed by atoms with Crippen LogP contribution in [0.5, 0.6) is 0 Å². The van der Waals surface area contributed by atoms with Crippen molar-refractivity contribution in [2.45, 2.75) is 32.7 Å². The van der Waals surface area contributed by atoms with Crippen LogP contribution in [-0.4, -0.2) is 75.4 Å². The van der Waals surface area contributed by atoms with Crippen molar-refractivity contribution in [2.75, 3.05) is 42.9 Å². The first-order chi connectivity index (χ1) is 13.9. The van der Waals surface area contributed by atoms with E-state index in [1.54, 1.807) is 22.6 Å². The zero-order valence-corrected chi connectivity index (χ0v) is 17.1. The number of anilines is 2. The molecule has 2 aliphatic rings. The summed E-state index contributed by atoms with van der Waals surface area (Å²) in [5, 5.41) is 10.9. The van der Waals surface area contributed by atoms with Gasteiger partial charge in [0.1, 0.15) is 11.6 Å². The van der Waals surface area contributed by atoms with Crippen LogP contribution in [0.3, 0.4) is 0 Å². The summed E-state index contributed by atoms with van der Waals surface area (Å²) in [4.78, 5) is 31.4. The van der Waals surface area contributed by atoms with Gasteiger partial charge in [0.25, 0.3) is 0 Å². The summed E-state index contributed by atoms with van der Waals surface area (Å²) in [6, 6.07) is 3.29. The second kappa shape index (κ2) is 7.86. The number of nitrogens with zero attached hydrogens (tertiary/aromatic N) is 6. The molecule has 10 nitrogen and oxygen atoms in total. The predicted molar refractivity (Wildman–Crippen MR) is 107 cm³/mol. The van der Waals surface area contributed by atoms with Gasteiger partial charge in [0, 0.05) is 51.9 Å². The average Bonchev–Trinajstić information content (AvgIpc) is 3.26. The lowest BCUT2D eigenvalue weighted by molar-refractivity contribution is -0.126. The number of urea groups is 1. The van der Waals surface area contributed by atoms with Crippen molar-refractivity contribution in [1.29, 1.82) is 0 Å². The highest BCUT2D eigenvalue weighted by molar-refractivity contribution is 5.97. The van der Waals surface area contributed by atoms with E-state index in [9.17, 15) is 9.59 Å². The largest absolute Gasteiger partial charge is 0.360 e. The minimum atomic E-state index is -0.195. The molecule has 29 heavy (non-hydrogen) atoms. The van der Waals surface area contributed by atoms with Gasteiger partial charge in [-0.25, -0.2) is 4.79 Å². The van der Waals surface area contributed by atoms with Crippen LogP contribution in [0.2, 0.25) is 0 Å². The Kier molecular flexibility index (Phi) is 5.27. The molecule has 1 atom stereocenters. The number of aryl methyl sites for hydroxylation is 3. The summed E-state index contributed by atoms with van der Waals surface area (Å²) in [5.41, 5.74) is 0.902. The van der Waals surface area contributed by atoms with Crippen LogP contribution in [0.15, 0.2) is 16.7 Å². The van der Waals surface area contributed by atoms with Gasteiger partial charge in [-0.3, -0.25) is 24.6 Å². The zero-order chi connectivity index (χ0) is 20.5. The number of aromatic nitrogens is 3. The Hall–Kier alpha value is -2.88. The lowest BCUT2D eigenvalue weighted by Gasteiger charge is -2.42. The van der Waals surface area contributed by atoms with Crippen LogP contribution in [0.4, 0.5) is 16.4 Å². The van der Waals surface area contributed by atoms with Gasteiger partial charge >= 0.3 is 6.03 Å². The zero-order valence-electron chi connectivity index (χ0n) is 17.1. The van der Waals surface area contributed by atoms with Gasteiger partial charge in [-0.1, -0.05) is 5.16 Å². The summed E-state index contributed by atoms with van der Waals surface area (Å²) < 4.78 is 6.74. The van der Waals surface area contributed by atoms with Crippen molar-refractivity contribution in [3.63, 3.8) is 0 Å².